The van der Waals surface area contributed by atoms with Crippen molar-refractivity contribution < 1.29 is 18.9 Å². The molecule has 5 heteroatoms. The zero-order valence-electron chi connectivity index (χ0n) is 12.4. The Balaban J connectivity index is 0.000000211. The first-order valence-corrected chi connectivity index (χ1v) is 8.07. The van der Waals surface area contributed by atoms with Crippen LogP contribution in [0.15, 0.2) is 60.7 Å². The van der Waals surface area contributed by atoms with E-state index in [9.17, 15) is 4.57 Å². The average Bonchev–Trinajstić information content (AvgIpc) is 2.39. The molecule has 2 rings (SSSR count). The number of hydrogen-bond donors (Lipinski definition) is 2. The van der Waals surface area contributed by atoms with Gasteiger partial charge < -0.3 is 4.52 Å². The molecule has 2 aromatic rings. The van der Waals surface area contributed by atoms with Crippen LogP contribution in [0.1, 0.15) is 26.3 Å². The maximum absolute atomic E-state index is 10.3. The fourth-order valence-electron chi connectivity index (χ4n) is 1.56. The highest BCUT2D eigenvalue weighted by atomic mass is 31.2. The molecule has 4 nitrogen and oxygen atoms in total. The van der Waals surface area contributed by atoms with Crippen LogP contribution >= 0.6 is 7.82 Å². The minimum absolute atomic E-state index is 0.167. The molecule has 0 radical (unpaired) electrons. The smallest absolute Gasteiger partial charge is 0.404 e. The van der Waals surface area contributed by atoms with Crippen LogP contribution in [0.2, 0.25) is 0 Å². The predicted octanol–water partition coefficient (Wildman–Crippen LogP) is 4.14. The Labute approximate surface area is 125 Å². The monoisotopic (exact) mass is 308 g/mol. The Kier molecular flexibility index (Phi) is 6.16. The SMILES string of the molecule is CC(C)(C)c1ccccc1.O=P(O)(O)Oc1ccccc1. The van der Waals surface area contributed by atoms with Crippen LogP contribution < -0.4 is 4.52 Å². The number of para-hydroxylation sites is 1. The largest absolute Gasteiger partial charge is 0.524 e. The van der Waals surface area contributed by atoms with E-state index in [-0.39, 0.29) is 5.75 Å². The number of benzene rings is 2. The van der Waals surface area contributed by atoms with Gasteiger partial charge in [-0.2, -0.15) is 0 Å². The van der Waals surface area contributed by atoms with Crippen molar-refractivity contribution in [2.45, 2.75) is 26.2 Å². The second kappa shape index (κ2) is 7.41. The summed E-state index contributed by atoms with van der Waals surface area (Å²) in [5.41, 5.74) is 1.69. The number of hydrogen-bond acceptors (Lipinski definition) is 2. The van der Waals surface area contributed by atoms with Gasteiger partial charge in [-0.05, 0) is 23.1 Å². The zero-order valence-corrected chi connectivity index (χ0v) is 13.3. The molecule has 2 N–H and O–H groups in total. The first kappa shape index (κ1) is 17.4. The van der Waals surface area contributed by atoms with Crippen molar-refractivity contribution in [1.29, 1.82) is 0 Å². The van der Waals surface area contributed by atoms with Gasteiger partial charge >= 0.3 is 7.82 Å². The van der Waals surface area contributed by atoms with Gasteiger partial charge in [-0.1, -0.05) is 69.3 Å². The Morgan fingerprint density at radius 3 is 1.62 bits per heavy atom. The van der Waals surface area contributed by atoms with Crippen molar-refractivity contribution in [3.63, 3.8) is 0 Å². The molecule has 0 atom stereocenters. The molecule has 0 aliphatic heterocycles. The first-order valence-electron chi connectivity index (χ1n) is 6.54. The van der Waals surface area contributed by atoms with E-state index in [2.05, 4.69) is 55.6 Å². The molecule has 114 valence electrons. The highest BCUT2D eigenvalue weighted by Gasteiger charge is 2.14. The van der Waals surface area contributed by atoms with Gasteiger partial charge in [0.15, 0.2) is 0 Å². The van der Waals surface area contributed by atoms with Crippen LogP contribution in [0.25, 0.3) is 0 Å². The first-order chi connectivity index (χ1) is 9.68. The predicted molar refractivity (Wildman–Crippen MR) is 84.3 cm³/mol. The molecule has 21 heavy (non-hydrogen) atoms. The van der Waals surface area contributed by atoms with Crippen LogP contribution in [0.5, 0.6) is 5.75 Å². The molecule has 0 saturated heterocycles. The van der Waals surface area contributed by atoms with Gasteiger partial charge in [-0.15, -0.1) is 0 Å². The van der Waals surface area contributed by atoms with Gasteiger partial charge in [0.05, 0.1) is 0 Å². The summed E-state index contributed by atoms with van der Waals surface area (Å²) in [6.07, 6.45) is 0. The quantitative estimate of drug-likeness (QED) is 0.818. The molecule has 0 amide bonds. The standard InChI is InChI=1S/C10H14.C6H7O4P/c1-10(2,3)9-7-5-4-6-8-9;7-11(8,9)10-6-4-2-1-3-5-6/h4-8H,1-3H3;1-5H,(H2,7,8,9). The van der Waals surface area contributed by atoms with E-state index in [1.54, 1.807) is 18.2 Å². The molecule has 0 aromatic heterocycles. The highest BCUT2D eigenvalue weighted by Crippen LogP contribution is 2.36. The summed E-state index contributed by atoms with van der Waals surface area (Å²) in [6.45, 7) is 6.67. The topological polar surface area (TPSA) is 66.8 Å². The van der Waals surface area contributed by atoms with Gasteiger partial charge in [0.2, 0.25) is 0 Å². The second-order valence-electron chi connectivity index (χ2n) is 5.51. The zero-order chi connectivity index (χ0) is 15.9. The molecule has 0 saturated carbocycles. The third-order valence-corrected chi connectivity index (χ3v) is 3.06. The number of phosphoric ester groups is 1. The van der Waals surface area contributed by atoms with Crippen molar-refractivity contribution in [3.8, 4) is 5.75 Å². The molecule has 0 spiro atoms. The Bertz CT molecular complexity index is 570. The molecular weight excluding hydrogens is 287 g/mol. The summed E-state index contributed by atoms with van der Waals surface area (Å²) in [6, 6.07) is 18.5. The van der Waals surface area contributed by atoms with E-state index >= 15 is 0 Å². The van der Waals surface area contributed by atoms with Crippen LogP contribution in [0.4, 0.5) is 0 Å². The van der Waals surface area contributed by atoms with Crippen molar-refractivity contribution >= 4 is 7.82 Å². The van der Waals surface area contributed by atoms with E-state index in [1.165, 1.54) is 17.7 Å². The van der Waals surface area contributed by atoms with Gasteiger partial charge in [0.25, 0.3) is 0 Å². The molecule has 0 bridgehead atoms. The van der Waals surface area contributed by atoms with Crippen molar-refractivity contribution in [1.82, 2.24) is 0 Å². The molecule has 0 fully saturated rings. The third-order valence-electron chi connectivity index (χ3n) is 2.61. The van der Waals surface area contributed by atoms with Crippen LogP contribution in [0, 0.1) is 0 Å². The number of phosphoric acid groups is 1. The lowest BCUT2D eigenvalue weighted by Crippen LogP contribution is -2.10. The van der Waals surface area contributed by atoms with Gasteiger partial charge in [0, 0.05) is 0 Å². The molecule has 0 unspecified atom stereocenters. The summed E-state index contributed by atoms with van der Waals surface area (Å²) < 4.78 is 14.5. The summed E-state index contributed by atoms with van der Waals surface area (Å²) in [5, 5.41) is 0. The third kappa shape index (κ3) is 7.66. The molecule has 0 aliphatic carbocycles. The van der Waals surface area contributed by atoms with Gasteiger partial charge in [-0.25, -0.2) is 4.57 Å². The lowest BCUT2D eigenvalue weighted by Gasteiger charge is -2.18. The van der Waals surface area contributed by atoms with Crippen molar-refractivity contribution in [2.24, 2.45) is 0 Å². The van der Waals surface area contributed by atoms with Gasteiger partial charge in [-0.3, -0.25) is 9.79 Å². The molecule has 0 aliphatic rings. The summed E-state index contributed by atoms with van der Waals surface area (Å²) >= 11 is 0. The van der Waals surface area contributed by atoms with Gasteiger partial charge in [0.1, 0.15) is 5.75 Å². The van der Waals surface area contributed by atoms with Crippen LogP contribution in [-0.2, 0) is 9.98 Å². The van der Waals surface area contributed by atoms with E-state index in [4.69, 9.17) is 9.79 Å². The molecular formula is C16H21O4P. The fourth-order valence-corrected chi connectivity index (χ4v) is 1.95. The maximum Gasteiger partial charge on any atom is 0.524 e. The van der Waals surface area contributed by atoms with E-state index < -0.39 is 7.82 Å². The van der Waals surface area contributed by atoms with Crippen molar-refractivity contribution in [3.05, 3.63) is 66.2 Å². The van der Waals surface area contributed by atoms with Crippen LogP contribution in [0.3, 0.4) is 0 Å². The minimum Gasteiger partial charge on any atom is -0.404 e. The Hall–Kier alpha value is -1.61. The minimum atomic E-state index is -4.39. The fraction of sp³-hybridized carbons (Fsp3) is 0.250. The van der Waals surface area contributed by atoms with E-state index in [0.29, 0.717) is 5.41 Å². The number of rotatable bonds is 2. The van der Waals surface area contributed by atoms with Crippen molar-refractivity contribution in [2.75, 3.05) is 0 Å². The summed E-state index contributed by atoms with van der Waals surface area (Å²) in [4.78, 5) is 16.7. The average molecular weight is 308 g/mol. The lowest BCUT2D eigenvalue weighted by molar-refractivity contribution is 0.283. The highest BCUT2D eigenvalue weighted by molar-refractivity contribution is 7.46. The summed E-state index contributed by atoms with van der Waals surface area (Å²) in [7, 11) is -4.39. The van der Waals surface area contributed by atoms with E-state index in [0.717, 1.165) is 0 Å². The lowest BCUT2D eigenvalue weighted by atomic mass is 9.87. The normalized spacial score (nSPS) is 11.3. The Morgan fingerprint density at radius 2 is 1.29 bits per heavy atom. The van der Waals surface area contributed by atoms with Crippen LogP contribution in [-0.4, -0.2) is 9.79 Å². The molecule has 0 heterocycles. The second-order valence-corrected chi connectivity index (χ2v) is 6.67. The summed E-state index contributed by atoms with van der Waals surface area (Å²) in [5.74, 6) is 0.167. The Morgan fingerprint density at radius 1 is 0.857 bits per heavy atom. The van der Waals surface area contributed by atoms with E-state index in [1.807, 2.05) is 0 Å². The maximum atomic E-state index is 10.3. The molecule has 2 aromatic carbocycles.